The standard InChI is InChI=1S/C11H16N2O2S/c1-9(2)11-5-7-13(11)16(14,15)10-4-3-6-12-8-10/h3-4,6,8-9,11H,5,7H2,1-2H3/t11-/m0/s1. The number of hydrogen-bond donors (Lipinski definition) is 0. The molecule has 1 aliphatic heterocycles. The van der Waals surface area contributed by atoms with E-state index in [0.717, 1.165) is 6.42 Å². The van der Waals surface area contributed by atoms with E-state index in [9.17, 15) is 8.42 Å². The van der Waals surface area contributed by atoms with Gasteiger partial charge in [0.25, 0.3) is 0 Å². The van der Waals surface area contributed by atoms with Crippen LogP contribution in [0.1, 0.15) is 20.3 Å². The van der Waals surface area contributed by atoms with Crippen LogP contribution in [0.2, 0.25) is 0 Å². The summed E-state index contributed by atoms with van der Waals surface area (Å²) in [6, 6.07) is 3.39. The zero-order valence-corrected chi connectivity index (χ0v) is 10.3. The first kappa shape index (κ1) is 11.5. The van der Waals surface area contributed by atoms with Crippen molar-refractivity contribution in [3.63, 3.8) is 0 Å². The molecule has 0 unspecified atom stereocenters. The smallest absolute Gasteiger partial charge is 0.244 e. The molecule has 0 spiro atoms. The molecule has 0 bridgehead atoms. The van der Waals surface area contributed by atoms with Gasteiger partial charge in [-0.15, -0.1) is 0 Å². The van der Waals surface area contributed by atoms with Crippen molar-refractivity contribution in [1.82, 2.24) is 9.29 Å². The number of sulfonamides is 1. The summed E-state index contributed by atoms with van der Waals surface area (Å²) in [5.74, 6) is 0.361. The molecule has 1 aromatic heterocycles. The third kappa shape index (κ3) is 1.85. The molecule has 0 radical (unpaired) electrons. The lowest BCUT2D eigenvalue weighted by Gasteiger charge is -2.42. The van der Waals surface area contributed by atoms with Gasteiger partial charge in [0.2, 0.25) is 10.0 Å². The second kappa shape index (κ2) is 4.14. The highest BCUT2D eigenvalue weighted by molar-refractivity contribution is 7.89. The molecule has 5 heteroatoms. The van der Waals surface area contributed by atoms with Gasteiger partial charge in [-0.25, -0.2) is 8.42 Å². The zero-order valence-electron chi connectivity index (χ0n) is 9.50. The maximum atomic E-state index is 12.2. The molecule has 2 heterocycles. The predicted molar refractivity (Wildman–Crippen MR) is 61.4 cm³/mol. The van der Waals surface area contributed by atoms with Gasteiger partial charge in [0.1, 0.15) is 4.90 Å². The molecule has 0 N–H and O–H groups in total. The van der Waals surface area contributed by atoms with E-state index < -0.39 is 10.0 Å². The fourth-order valence-corrected chi connectivity index (χ4v) is 3.75. The molecule has 0 aliphatic carbocycles. The van der Waals surface area contributed by atoms with E-state index in [-0.39, 0.29) is 6.04 Å². The summed E-state index contributed by atoms with van der Waals surface area (Å²) < 4.78 is 26.0. The Kier molecular flexibility index (Phi) is 2.99. The van der Waals surface area contributed by atoms with Crippen molar-refractivity contribution in [2.24, 2.45) is 5.92 Å². The van der Waals surface area contributed by atoms with Crippen molar-refractivity contribution < 1.29 is 8.42 Å². The Bertz CT molecular complexity index is 456. The molecular formula is C11H16N2O2S. The van der Waals surface area contributed by atoms with Crippen LogP contribution in [0.3, 0.4) is 0 Å². The topological polar surface area (TPSA) is 50.3 Å². The van der Waals surface area contributed by atoms with Gasteiger partial charge in [-0.05, 0) is 24.5 Å². The number of aromatic nitrogens is 1. The maximum Gasteiger partial charge on any atom is 0.244 e. The van der Waals surface area contributed by atoms with Gasteiger partial charge in [-0.3, -0.25) is 4.98 Å². The lowest BCUT2D eigenvalue weighted by Crippen LogP contribution is -2.53. The van der Waals surface area contributed by atoms with Crippen LogP contribution in [0.25, 0.3) is 0 Å². The average molecular weight is 240 g/mol. The van der Waals surface area contributed by atoms with Crippen LogP contribution in [0, 0.1) is 5.92 Å². The van der Waals surface area contributed by atoms with E-state index in [4.69, 9.17) is 0 Å². The van der Waals surface area contributed by atoms with E-state index in [1.54, 1.807) is 22.6 Å². The molecule has 0 amide bonds. The van der Waals surface area contributed by atoms with Crippen molar-refractivity contribution in [2.45, 2.75) is 31.2 Å². The summed E-state index contributed by atoms with van der Waals surface area (Å²) >= 11 is 0. The molecule has 1 aliphatic rings. The molecule has 16 heavy (non-hydrogen) atoms. The largest absolute Gasteiger partial charge is 0.263 e. The Hall–Kier alpha value is -0.940. The number of rotatable bonds is 3. The Morgan fingerprint density at radius 3 is 2.69 bits per heavy atom. The van der Waals surface area contributed by atoms with E-state index in [1.807, 2.05) is 0 Å². The summed E-state index contributed by atoms with van der Waals surface area (Å²) in [5, 5.41) is 0. The van der Waals surface area contributed by atoms with Crippen molar-refractivity contribution in [2.75, 3.05) is 6.54 Å². The van der Waals surface area contributed by atoms with Gasteiger partial charge in [0.15, 0.2) is 0 Å². The lowest BCUT2D eigenvalue weighted by molar-refractivity contribution is 0.150. The van der Waals surface area contributed by atoms with Crippen LogP contribution >= 0.6 is 0 Å². The number of nitrogens with zero attached hydrogens (tertiary/aromatic N) is 2. The minimum atomic E-state index is -3.33. The summed E-state index contributed by atoms with van der Waals surface area (Å²) in [6.45, 7) is 4.73. The highest BCUT2D eigenvalue weighted by Crippen LogP contribution is 2.30. The third-order valence-electron chi connectivity index (χ3n) is 3.03. The molecule has 2 rings (SSSR count). The van der Waals surface area contributed by atoms with Gasteiger partial charge in [-0.1, -0.05) is 13.8 Å². The van der Waals surface area contributed by atoms with Crippen LogP contribution in [0.4, 0.5) is 0 Å². The van der Waals surface area contributed by atoms with Crippen molar-refractivity contribution >= 4 is 10.0 Å². The summed E-state index contributed by atoms with van der Waals surface area (Å²) in [5.41, 5.74) is 0. The van der Waals surface area contributed by atoms with Crippen LogP contribution in [0.15, 0.2) is 29.4 Å². The molecule has 88 valence electrons. The van der Waals surface area contributed by atoms with Crippen LogP contribution in [0.5, 0.6) is 0 Å². The Morgan fingerprint density at radius 2 is 2.25 bits per heavy atom. The Labute approximate surface area is 96.4 Å². The Morgan fingerprint density at radius 1 is 1.50 bits per heavy atom. The molecule has 0 aromatic carbocycles. The van der Waals surface area contributed by atoms with Gasteiger partial charge in [0.05, 0.1) is 0 Å². The molecule has 1 fully saturated rings. The average Bonchev–Trinajstić information content (AvgIpc) is 2.15. The monoisotopic (exact) mass is 240 g/mol. The first-order valence-electron chi connectivity index (χ1n) is 5.45. The second-order valence-electron chi connectivity index (χ2n) is 4.40. The van der Waals surface area contributed by atoms with Gasteiger partial charge in [-0.2, -0.15) is 4.31 Å². The van der Waals surface area contributed by atoms with E-state index in [1.165, 1.54) is 6.20 Å². The van der Waals surface area contributed by atoms with E-state index in [0.29, 0.717) is 17.4 Å². The second-order valence-corrected chi connectivity index (χ2v) is 6.30. The molecular weight excluding hydrogens is 224 g/mol. The fraction of sp³-hybridized carbons (Fsp3) is 0.545. The van der Waals surface area contributed by atoms with Crippen molar-refractivity contribution in [3.8, 4) is 0 Å². The molecule has 1 atom stereocenters. The zero-order chi connectivity index (χ0) is 11.8. The van der Waals surface area contributed by atoms with Crippen LogP contribution < -0.4 is 0 Å². The number of hydrogen-bond acceptors (Lipinski definition) is 3. The van der Waals surface area contributed by atoms with E-state index in [2.05, 4.69) is 18.8 Å². The molecule has 1 aromatic rings. The van der Waals surface area contributed by atoms with Gasteiger partial charge in [0, 0.05) is 25.0 Å². The first-order valence-corrected chi connectivity index (χ1v) is 6.89. The predicted octanol–water partition coefficient (Wildman–Crippen LogP) is 1.50. The highest BCUT2D eigenvalue weighted by Gasteiger charge is 2.39. The molecule has 4 nitrogen and oxygen atoms in total. The summed E-state index contributed by atoms with van der Waals surface area (Å²) in [4.78, 5) is 4.15. The van der Waals surface area contributed by atoms with Crippen LogP contribution in [-0.2, 0) is 10.0 Å². The maximum absolute atomic E-state index is 12.2. The van der Waals surface area contributed by atoms with Gasteiger partial charge < -0.3 is 0 Å². The minimum Gasteiger partial charge on any atom is -0.263 e. The Balaban J connectivity index is 2.28. The minimum absolute atomic E-state index is 0.144. The fourth-order valence-electron chi connectivity index (χ4n) is 1.98. The summed E-state index contributed by atoms with van der Waals surface area (Å²) in [6.07, 6.45) is 3.94. The van der Waals surface area contributed by atoms with Crippen molar-refractivity contribution in [1.29, 1.82) is 0 Å². The van der Waals surface area contributed by atoms with Gasteiger partial charge >= 0.3 is 0 Å². The first-order chi connectivity index (χ1) is 7.53. The third-order valence-corrected chi connectivity index (χ3v) is 4.93. The summed E-state index contributed by atoms with van der Waals surface area (Å²) in [7, 11) is -3.33. The van der Waals surface area contributed by atoms with Crippen LogP contribution in [-0.4, -0.2) is 30.3 Å². The normalized spacial score (nSPS) is 22.1. The number of pyridine rings is 1. The quantitative estimate of drug-likeness (QED) is 0.804. The highest BCUT2D eigenvalue weighted by atomic mass is 32.2. The van der Waals surface area contributed by atoms with Crippen molar-refractivity contribution in [3.05, 3.63) is 24.5 Å². The molecule has 1 saturated heterocycles. The van der Waals surface area contributed by atoms with E-state index >= 15 is 0 Å². The SMILES string of the molecule is CC(C)[C@@H]1CCN1S(=O)(=O)c1cccnc1. The lowest BCUT2D eigenvalue weighted by atomic mass is 9.95. The molecule has 0 saturated carbocycles.